The van der Waals surface area contributed by atoms with E-state index in [-0.39, 0.29) is 43.3 Å². The van der Waals surface area contributed by atoms with Crippen LogP contribution in [-0.2, 0) is 47.6 Å². The summed E-state index contributed by atoms with van der Waals surface area (Å²) in [6, 6.07) is 5.86. The zero-order valence-electron chi connectivity index (χ0n) is 30.4. The Hall–Kier alpha value is -4.07. The van der Waals surface area contributed by atoms with Crippen molar-refractivity contribution in [3.05, 3.63) is 53.1 Å². The van der Waals surface area contributed by atoms with E-state index in [2.05, 4.69) is 5.32 Å². The van der Waals surface area contributed by atoms with E-state index in [0.717, 1.165) is 31.8 Å². The van der Waals surface area contributed by atoms with Crippen LogP contribution in [-0.4, -0.2) is 90.0 Å². The monoisotopic (exact) mass is 723 g/mol. The molecule has 13 nitrogen and oxygen atoms in total. The molecule has 4 fully saturated rings. The molecule has 3 aliphatic carbocycles. The van der Waals surface area contributed by atoms with Gasteiger partial charge >= 0.3 is 23.9 Å². The lowest BCUT2D eigenvalue weighted by atomic mass is 9.90. The minimum atomic E-state index is -1.05. The molecule has 2 saturated carbocycles. The number of nitrogens with one attached hydrogen (secondary N) is 1. The van der Waals surface area contributed by atoms with Gasteiger partial charge in [-0.3, -0.25) is 9.59 Å². The Morgan fingerprint density at radius 3 is 2.35 bits per heavy atom. The van der Waals surface area contributed by atoms with Gasteiger partial charge in [-0.1, -0.05) is 32.0 Å². The fourth-order valence-corrected chi connectivity index (χ4v) is 7.02. The molecule has 2 heterocycles. The average molecular weight is 724 g/mol. The van der Waals surface area contributed by atoms with Gasteiger partial charge in [-0.05, 0) is 76.7 Å². The molecule has 2 saturated heterocycles. The van der Waals surface area contributed by atoms with E-state index in [0.29, 0.717) is 11.1 Å². The molecule has 0 aromatic heterocycles. The van der Waals surface area contributed by atoms with Crippen molar-refractivity contribution in [2.45, 2.75) is 121 Å². The van der Waals surface area contributed by atoms with Gasteiger partial charge in [0.25, 0.3) is 0 Å². The lowest BCUT2D eigenvalue weighted by Gasteiger charge is -2.31. The summed E-state index contributed by atoms with van der Waals surface area (Å²) in [7, 11) is 0. The van der Waals surface area contributed by atoms with Crippen LogP contribution in [0, 0.1) is 17.3 Å². The van der Waals surface area contributed by atoms with Gasteiger partial charge in [0.1, 0.15) is 30.5 Å². The summed E-state index contributed by atoms with van der Waals surface area (Å²) >= 11 is 0. The van der Waals surface area contributed by atoms with Gasteiger partial charge in [0.15, 0.2) is 5.79 Å². The summed E-state index contributed by atoms with van der Waals surface area (Å²) in [5.41, 5.74) is -0.474. The van der Waals surface area contributed by atoms with Crippen LogP contribution in [0.4, 0.5) is 0 Å². The number of benzene rings is 1. The molecule has 1 aromatic rings. The molecular formula is C39H49NO12. The Balaban J connectivity index is 1.17. The molecule has 0 spiro atoms. The van der Waals surface area contributed by atoms with Crippen molar-refractivity contribution >= 4 is 35.9 Å². The normalized spacial score (nSPS) is 26.9. The highest BCUT2D eigenvalue weighted by Crippen LogP contribution is 2.59. The Morgan fingerprint density at radius 2 is 1.73 bits per heavy atom. The first-order valence-corrected chi connectivity index (χ1v) is 18.1. The number of amides is 1. The van der Waals surface area contributed by atoms with E-state index in [4.69, 9.17) is 28.4 Å². The summed E-state index contributed by atoms with van der Waals surface area (Å²) in [5.74, 6) is -3.33. The fraction of sp³-hybridized carbons (Fsp3) is 0.615. The predicted molar refractivity (Wildman–Crippen MR) is 184 cm³/mol. The Labute approximate surface area is 303 Å². The number of ether oxygens (including phenoxy) is 6. The van der Waals surface area contributed by atoms with E-state index in [1.54, 1.807) is 65.0 Å². The van der Waals surface area contributed by atoms with Crippen LogP contribution in [0.25, 0.3) is 6.08 Å². The number of esters is 4. The van der Waals surface area contributed by atoms with Crippen molar-refractivity contribution in [3.8, 4) is 0 Å². The third kappa shape index (κ3) is 8.58. The van der Waals surface area contributed by atoms with Crippen LogP contribution in [0.2, 0.25) is 0 Å². The molecule has 1 aromatic carbocycles. The minimum Gasteiger partial charge on any atom is -0.462 e. The Bertz CT molecular complexity index is 1620. The molecule has 5 unspecified atom stereocenters. The number of carbonyl (C=O) groups excluding carboxylic acids is 5. The molecule has 5 atom stereocenters. The number of cyclic esters (lactones) is 1. The van der Waals surface area contributed by atoms with E-state index in [1.165, 1.54) is 6.08 Å². The molecule has 52 heavy (non-hydrogen) atoms. The first-order valence-electron chi connectivity index (χ1n) is 18.1. The number of hydrogen-bond donors (Lipinski definition) is 2. The Morgan fingerprint density at radius 1 is 1.04 bits per heavy atom. The lowest BCUT2D eigenvalue weighted by molar-refractivity contribution is -0.209. The topological polar surface area (TPSA) is 173 Å². The standard InChI is InChI=1S/C39H49NO12/c1-37(2,3)51-31(43)17-15-26(20-41)40-34(44)23-18-28(32-29(19-23)50-39(52-32,24-11-12-24)25-13-14-25)48-35(45)27-9-7-6-8-22(27)10-16-30(42)49-33-36(46)47-21-38(33,4)5/h6-10,16,19,24-26,28-29,32-33,41H,11-15,17-18,20-21H2,1-5H3,(H,40,44). The molecule has 5 aliphatic rings. The molecule has 2 N–H and O–H groups in total. The number of aliphatic hydroxyl groups is 1. The van der Waals surface area contributed by atoms with Gasteiger partial charge in [-0.2, -0.15) is 0 Å². The number of fused-ring (bicyclic) bond motifs is 1. The van der Waals surface area contributed by atoms with Gasteiger partial charge in [0.05, 0.1) is 18.2 Å². The highest BCUT2D eigenvalue weighted by atomic mass is 16.8. The number of aliphatic hydroxyl groups excluding tert-OH is 1. The fourth-order valence-electron chi connectivity index (χ4n) is 7.02. The molecule has 282 valence electrons. The lowest BCUT2D eigenvalue weighted by Crippen LogP contribution is -2.45. The maximum atomic E-state index is 13.8. The largest absolute Gasteiger partial charge is 0.462 e. The molecule has 6 rings (SSSR count). The maximum Gasteiger partial charge on any atom is 0.348 e. The second-order valence-corrected chi connectivity index (χ2v) is 16.1. The second kappa shape index (κ2) is 14.7. The van der Waals surface area contributed by atoms with Crippen LogP contribution in [0.3, 0.4) is 0 Å². The van der Waals surface area contributed by atoms with Crippen LogP contribution >= 0.6 is 0 Å². The zero-order chi connectivity index (χ0) is 37.4. The van der Waals surface area contributed by atoms with E-state index >= 15 is 0 Å². The molecule has 2 aliphatic heterocycles. The number of carbonyl (C=O) groups is 5. The van der Waals surface area contributed by atoms with Crippen molar-refractivity contribution < 1.29 is 57.5 Å². The van der Waals surface area contributed by atoms with Crippen molar-refractivity contribution in [1.29, 1.82) is 0 Å². The molecule has 1 amide bonds. The average Bonchev–Trinajstić information content (AvgIpc) is 4.03. The maximum absolute atomic E-state index is 13.8. The van der Waals surface area contributed by atoms with E-state index in [1.807, 2.05) is 0 Å². The number of rotatable bonds is 13. The third-order valence-electron chi connectivity index (χ3n) is 9.96. The highest BCUT2D eigenvalue weighted by Gasteiger charge is 2.64. The van der Waals surface area contributed by atoms with Crippen molar-refractivity contribution in [2.24, 2.45) is 17.3 Å². The zero-order valence-corrected chi connectivity index (χ0v) is 30.4. The summed E-state index contributed by atoms with van der Waals surface area (Å²) in [4.78, 5) is 64.6. The Kier molecular flexibility index (Phi) is 10.7. The second-order valence-electron chi connectivity index (χ2n) is 16.1. The summed E-state index contributed by atoms with van der Waals surface area (Å²) < 4.78 is 35.3. The highest BCUT2D eigenvalue weighted by molar-refractivity contribution is 5.97. The van der Waals surface area contributed by atoms with E-state index in [9.17, 15) is 29.1 Å². The molecule has 0 bridgehead atoms. The molecular weight excluding hydrogens is 674 g/mol. The third-order valence-corrected chi connectivity index (χ3v) is 9.96. The SMILES string of the molecule is CC(C)(C)OC(=O)CCC(CO)NC(=O)C1=CC2OC(C3CC3)(C3CC3)OC2C(OC(=O)c2ccccc2C=CC(=O)OC2C(=O)OCC2(C)C)C1. The molecule has 0 radical (unpaired) electrons. The smallest absolute Gasteiger partial charge is 0.348 e. The van der Waals surface area contributed by atoms with Crippen LogP contribution < -0.4 is 5.32 Å². The number of hydrogen-bond acceptors (Lipinski definition) is 12. The van der Waals surface area contributed by atoms with Crippen LogP contribution in [0.1, 0.15) is 95.5 Å². The van der Waals surface area contributed by atoms with Crippen LogP contribution in [0.5, 0.6) is 0 Å². The summed E-state index contributed by atoms with van der Waals surface area (Å²) in [6.07, 6.45) is 5.10. The molecule has 13 heteroatoms. The van der Waals surface area contributed by atoms with E-state index < -0.39 is 83.7 Å². The quantitative estimate of drug-likeness (QED) is 0.171. The summed E-state index contributed by atoms with van der Waals surface area (Å²) in [6.45, 7) is 8.57. The first-order chi connectivity index (χ1) is 24.6. The van der Waals surface area contributed by atoms with Crippen molar-refractivity contribution in [2.75, 3.05) is 13.2 Å². The predicted octanol–water partition coefficient (Wildman–Crippen LogP) is 3.95. The van der Waals surface area contributed by atoms with Crippen LogP contribution in [0.15, 0.2) is 42.0 Å². The first kappa shape index (κ1) is 37.7. The summed E-state index contributed by atoms with van der Waals surface area (Å²) in [5, 5.41) is 12.8. The van der Waals surface area contributed by atoms with Gasteiger partial charge in [0.2, 0.25) is 12.0 Å². The van der Waals surface area contributed by atoms with Gasteiger partial charge in [0, 0.05) is 41.7 Å². The minimum absolute atomic E-state index is 0.00565. The van der Waals surface area contributed by atoms with Crippen molar-refractivity contribution in [3.63, 3.8) is 0 Å². The van der Waals surface area contributed by atoms with Crippen molar-refractivity contribution in [1.82, 2.24) is 5.32 Å². The van der Waals surface area contributed by atoms with Gasteiger partial charge < -0.3 is 38.8 Å². The van der Waals surface area contributed by atoms with Gasteiger partial charge in [-0.15, -0.1) is 0 Å². The van der Waals surface area contributed by atoms with Gasteiger partial charge in [-0.25, -0.2) is 14.4 Å².